The zero-order valence-electron chi connectivity index (χ0n) is 18.0. The third-order valence-corrected chi connectivity index (χ3v) is 4.33. The summed E-state index contributed by atoms with van der Waals surface area (Å²) < 4.78 is 5.65. The van der Waals surface area contributed by atoms with Crippen LogP contribution in [-0.4, -0.2) is 60.1 Å². The molecule has 2 N–H and O–H groups in total. The molecule has 2 rings (SSSR count). The number of benzene rings is 1. The van der Waals surface area contributed by atoms with E-state index in [1.165, 1.54) is 12.1 Å². The number of guanidine groups is 1. The average Bonchev–Trinajstić information content (AvgIpc) is 3.13. The average molecular weight is 533 g/mol. The number of non-ortho nitro benzene ring substituents is 1. The minimum atomic E-state index is -0.427. The Kier molecular flexibility index (Phi) is 10.5. The van der Waals surface area contributed by atoms with E-state index in [0.29, 0.717) is 19.0 Å². The van der Waals surface area contributed by atoms with Crippen LogP contribution in [0, 0.1) is 10.1 Å². The van der Waals surface area contributed by atoms with Crippen LogP contribution in [0.3, 0.4) is 0 Å². The van der Waals surface area contributed by atoms with E-state index >= 15 is 0 Å². The Morgan fingerprint density at radius 1 is 1.33 bits per heavy atom. The highest BCUT2D eigenvalue weighted by molar-refractivity contribution is 14.0. The molecule has 0 saturated carbocycles. The molecule has 1 aromatic rings. The summed E-state index contributed by atoms with van der Waals surface area (Å²) in [4.78, 5) is 29.0. The van der Waals surface area contributed by atoms with Gasteiger partial charge in [0.25, 0.3) is 5.69 Å². The van der Waals surface area contributed by atoms with Crippen LogP contribution >= 0.6 is 24.0 Å². The maximum Gasteiger partial charge on any atom is 0.269 e. The van der Waals surface area contributed by atoms with Crippen molar-refractivity contribution in [3.8, 4) is 0 Å². The number of halogens is 1. The van der Waals surface area contributed by atoms with Crippen molar-refractivity contribution in [1.29, 1.82) is 0 Å². The number of aliphatic imine (C=N–C) groups is 1. The summed E-state index contributed by atoms with van der Waals surface area (Å²) in [5.74, 6) is 0.491. The minimum Gasteiger partial charge on any atom is -0.376 e. The van der Waals surface area contributed by atoms with Crippen molar-refractivity contribution in [3.05, 3.63) is 39.9 Å². The van der Waals surface area contributed by atoms with Gasteiger partial charge in [-0.1, -0.05) is 12.1 Å². The number of carbonyl (C=O) groups is 1. The third kappa shape index (κ3) is 9.24. The standard InChI is InChI=1S/C20H31N5O4.HI/c1-20(2,3)23-18(26)14-24(4)19(22-13-17-6-5-11-29-17)21-12-15-7-9-16(10-8-15)25(27)28;/h7-10,17H,5-6,11-14H2,1-4H3,(H,21,22)(H,23,26);1H. The number of rotatable bonds is 7. The number of hydrogen-bond donors (Lipinski definition) is 2. The lowest BCUT2D eigenvalue weighted by Crippen LogP contribution is -2.49. The Morgan fingerprint density at radius 3 is 2.53 bits per heavy atom. The van der Waals surface area contributed by atoms with Gasteiger partial charge in [-0.25, -0.2) is 4.99 Å². The van der Waals surface area contributed by atoms with Crippen LogP contribution < -0.4 is 10.6 Å². The van der Waals surface area contributed by atoms with Gasteiger partial charge in [0.1, 0.15) is 0 Å². The molecule has 1 unspecified atom stereocenters. The van der Waals surface area contributed by atoms with Crippen molar-refractivity contribution in [2.45, 2.75) is 51.8 Å². The predicted molar refractivity (Wildman–Crippen MR) is 127 cm³/mol. The molecule has 10 heteroatoms. The van der Waals surface area contributed by atoms with Gasteiger partial charge in [-0.15, -0.1) is 24.0 Å². The van der Waals surface area contributed by atoms with Gasteiger partial charge in [0.15, 0.2) is 5.96 Å². The van der Waals surface area contributed by atoms with E-state index in [0.717, 1.165) is 25.0 Å². The number of carbonyl (C=O) groups excluding carboxylic acids is 1. The molecular formula is C20H32IN5O4. The number of nitrogens with zero attached hydrogens (tertiary/aromatic N) is 3. The molecule has 30 heavy (non-hydrogen) atoms. The number of nitro groups is 1. The van der Waals surface area contributed by atoms with Gasteiger partial charge in [0, 0.05) is 37.9 Å². The first-order valence-electron chi connectivity index (χ1n) is 9.79. The number of nitro benzene ring substituents is 1. The molecule has 9 nitrogen and oxygen atoms in total. The number of nitrogens with one attached hydrogen (secondary N) is 2. The fourth-order valence-electron chi connectivity index (χ4n) is 2.96. The number of amides is 1. The van der Waals surface area contributed by atoms with Crippen molar-refractivity contribution >= 4 is 41.5 Å². The maximum absolute atomic E-state index is 12.3. The molecule has 1 atom stereocenters. The highest BCUT2D eigenvalue weighted by Gasteiger charge is 2.19. The largest absolute Gasteiger partial charge is 0.376 e. The summed E-state index contributed by atoms with van der Waals surface area (Å²) in [6.45, 7) is 7.69. The Hall–Kier alpha value is -1.95. The molecular weight excluding hydrogens is 501 g/mol. The number of hydrogen-bond acceptors (Lipinski definition) is 5. The van der Waals surface area contributed by atoms with Gasteiger partial charge in [0.2, 0.25) is 5.91 Å². The van der Waals surface area contributed by atoms with Crippen molar-refractivity contribution in [1.82, 2.24) is 15.5 Å². The van der Waals surface area contributed by atoms with Gasteiger partial charge in [-0.05, 0) is 39.2 Å². The second-order valence-corrected chi connectivity index (χ2v) is 8.23. The normalized spacial score (nSPS) is 16.5. The van der Waals surface area contributed by atoms with E-state index in [1.54, 1.807) is 24.1 Å². The topological polar surface area (TPSA) is 109 Å². The molecule has 0 spiro atoms. The predicted octanol–water partition coefficient (Wildman–Crippen LogP) is 2.68. The van der Waals surface area contributed by atoms with E-state index in [9.17, 15) is 14.9 Å². The van der Waals surface area contributed by atoms with Gasteiger partial charge < -0.3 is 20.3 Å². The fourth-order valence-corrected chi connectivity index (χ4v) is 2.96. The second-order valence-electron chi connectivity index (χ2n) is 8.23. The Balaban J connectivity index is 0.00000450. The molecule has 0 radical (unpaired) electrons. The van der Waals surface area contributed by atoms with Crippen molar-refractivity contribution < 1.29 is 14.5 Å². The molecule has 1 fully saturated rings. The SMILES string of the molecule is CN(CC(=O)NC(C)(C)C)C(=NCc1ccc([N+](=O)[O-])cc1)NCC1CCCO1.I. The molecule has 168 valence electrons. The van der Waals surface area contributed by atoms with Crippen molar-refractivity contribution in [2.24, 2.45) is 4.99 Å². The first-order valence-corrected chi connectivity index (χ1v) is 9.79. The summed E-state index contributed by atoms with van der Waals surface area (Å²) in [5, 5.41) is 17.0. The zero-order valence-corrected chi connectivity index (χ0v) is 20.3. The van der Waals surface area contributed by atoms with E-state index in [4.69, 9.17) is 4.74 Å². The molecule has 1 aromatic carbocycles. The molecule has 0 aromatic heterocycles. The van der Waals surface area contributed by atoms with Crippen LogP contribution in [0.5, 0.6) is 0 Å². The Bertz CT molecular complexity index is 728. The lowest BCUT2D eigenvalue weighted by Gasteiger charge is -2.26. The first-order chi connectivity index (χ1) is 13.6. The lowest BCUT2D eigenvalue weighted by molar-refractivity contribution is -0.384. The van der Waals surface area contributed by atoms with Crippen LogP contribution in [0.1, 0.15) is 39.2 Å². The third-order valence-electron chi connectivity index (χ3n) is 4.33. The van der Waals surface area contributed by atoms with Crippen LogP contribution in [0.2, 0.25) is 0 Å². The van der Waals surface area contributed by atoms with E-state index in [-0.39, 0.29) is 53.8 Å². The highest BCUT2D eigenvalue weighted by Crippen LogP contribution is 2.13. The Labute approximate surface area is 194 Å². The van der Waals surface area contributed by atoms with Crippen molar-refractivity contribution in [3.63, 3.8) is 0 Å². The first kappa shape index (κ1) is 26.1. The monoisotopic (exact) mass is 533 g/mol. The van der Waals surface area contributed by atoms with Gasteiger partial charge in [-0.3, -0.25) is 14.9 Å². The fraction of sp³-hybridized carbons (Fsp3) is 0.600. The lowest BCUT2D eigenvalue weighted by atomic mass is 10.1. The van der Waals surface area contributed by atoms with Crippen LogP contribution in [0.4, 0.5) is 5.69 Å². The van der Waals surface area contributed by atoms with E-state index in [2.05, 4.69) is 15.6 Å². The van der Waals surface area contributed by atoms with E-state index in [1.807, 2.05) is 20.8 Å². The van der Waals surface area contributed by atoms with Gasteiger partial charge in [-0.2, -0.15) is 0 Å². The van der Waals surface area contributed by atoms with Crippen LogP contribution in [0.15, 0.2) is 29.3 Å². The molecule has 1 heterocycles. The summed E-state index contributed by atoms with van der Waals surface area (Å²) in [5.41, 5.74) is 0.587. The molecule has 0 aliphatic carbocycles. The summed E-state index contributed by atoms with van der Waals surface area (Å²) >= 11 is 0. The second kappa shape index (κ2) is 12.0. The summed E-state index contributed by atoms with van der Waals surface area (Å²) in [7, 11) is 1.80. The molecule has 1 amide bonds. The summed E-state index contributed by atoms with van der Waals surface area (Å²) in [6, 6.07) is 6.30. The summed E-state index contributed by atoms with van der Waals surface area (Å²) in [6.07, 6.45) is 2.18. The van der Waals surface area contributed by atoms with E-state index < -0.39 is 4.92 Å². The van der Waals surface area contributed by atoms with Crippen LogP contribution in [0.25, 0.3) is 0 Å². The minimum absolute atomic E-state index is 0. The number of ether oxygens (including phenoxy) is 1. The molecule has 1 aliphatic rings. The molecule has 0 bridgehead atoms. The van der Waals surface area contributed by atoms with Gasteiger partial charge >= 0.3 is 0 Å². The number of likely N-dealkylation sites (N-methyl/N-ethyl adjacent to an activating group) is 1. The van der Waals surface area contributed by atoms with Crippen molar-refractivity contribution in [2.75, 3.05) is 26.7 Å². The maximum atomic E-state index is 12.3. The molecule has 1 aliphatic heterocycles. The van der Waals surface area contributed by atoms with Crippen LogP contribution in [-0.2, 0) is 16.1 Å². The highest BCUT2D eigenvalue weighted by atomic mass is 127. The zero-order chi connectivity index (χ0) is 21.4. The quantitative estimate of drug-likeness (QED) is 0.184. The smallest absolute Gasteiger partial charge is 0.269 e. The Morgan fingerprint density at radius 2 is 2.00 bits per heavy atom. The van der Waals surface area contributed by atoms with Gasteiger partial charge in [0.05, 0.1) is 24.1 Å². The molecule has 1 saturated heterocycles.